The summed E-state index contributed by atoms with van der Waals surface area (Å²) in [6.07, 6.45) is 3.20. The fourth-order valence-electron chi connectivity index (χ4n) is 3.71. The van der Waals surface area contributed by atoms with Crippen molar-refractivity contribution < 1.29 is 26.7 Å². The summed E-state index contributed by atoms with van der Waals surface area (Å²) in [6, 6.07) is 5.67. The molecule has 0 saturated carbocycles. The van der Waals surface area contributed by atoms with Gasteiger partial charge in [-0.3, -0.25) is 4.72 Å². The predicted molar refractivity (Wildman–Crippen MR) is 127 cm³/mol. The minimum absolute atomic E-state index is 0.00293. The highest BCUT2D eigenvalue weighted by atomic mass is 32.2. The minimum Gasteiger partial charge on any atom is -0.480 e. The Labute approximate surface area is 203 Å². The van der Waals surface area contributed by atoms with Crippen LogP contribution in [0.3, 0.4) is 0 Å². The molecule has 182 valence electrons. The Hall–Kier alpha value is -3.42. The van der Waals surface area contributed by atoms with Crippen molar-refractivity contribution in [1.82, 2.24) is 15.0 Å². The molecule has 1 fully saturated rings. The number of rotatable bonds is 7. The van der Waals surface area contributed by atoms with Crippen LogP contribution in [0.2, 0.25) is 0 Å². The summed E-state index contributed by atoms with van der Waals surface area (Å²) in [5.41, 5.74) is 0.596. The van der Waals surface area contributed by atoms with Gasteiger partial charge in [-0.05, 0) is 24.3 Å². The number of ether oxygens (including phenoxy) is 2. The second kappa shape index (κ2) is 8.98. The quantitative estimate of drug-likeness (QED) is 0.394. The van der Waals surface area contributed by atoms with Crippen LogP contribution in [0, 0.1) is 11.6 Å². The van der Waals surface area contributed by atoms with E-state index in [1.54, 1.807) is 7.11 Å². The highest BCUT2D eigenvalue weighted by Crippen LogP contribution is 2.39. The SMILES string of the molecule is COc1ncc(-c2cc3c(N4CC(OC)C4)ncnc3s2)cc1NS(=O)(=O)c1ccc(F)cc1F. The molecule has 9 nitrogen and oxygen atoms in total. The number of nitrogens with one attached hydrogen (secondary N) is 1. The molecule has 0 amide bonds. The summed E-state index contributed by atoms with van der Waals surface area (Å²) in [6.45, 7) is 1.45. The molecule has 0 aliphatic carbocycles. The van der Waals surface area contributed by atoms with Crippen molar-refractivity contribution in [2.75, 3.05) is 36.9 Å². The molecule has 1 aromatic carbocycles. The number of hydrogen-bond acceptors (Lipinski definition) is 9. The average molecular weight is 520 g/mol. The smallest absolute Gasteiger partial charge is 0.264 e. The molecule has 4 aromatic rings. The first kappa shape index (κ1) is 23.3. The van der Waals surface area contributed by atoms with E-state index in [4.69, 9.17) is 9.47 Å². The van der Waals surface area contributed by atoms with Crippen molar-refractivity contribution in [3.8, 4) is 16.3 Å². The molecule has 0 radical (unpaired) electrons. The maximum Gasteiger partial charge on any atom is 0.264 e. The van der Waals surface area contributed by atoms with Crippen LogP contribution in [0.15, 0.2) is 47.8 Å². The number of halogens is 2. The Balaban J connectivity index is 1.50. The third-order valence-corrected chi connectivity index (χ3v) is 8.04. The lowest BCUT2D eigenvalue weighted by molar-refractivity contribution is 0.0785. The topological polar surface area (TPSA) is 107 Å². The van der Waals surface area contributed by atoms with Crippen molar-refractivity contribution in [3.63, 3.8) is 0 Å². The molecule has 0 unspecified atom stereocenters. The lowest BCUT2D eigenvalue weighted by Gasteiger charge is -2.39. The first-order chi connectivity index (χ1) is 16.8. The second-order valence-electron chi connectivity index (χ2n) is 7.75. The molecule has 4 heterocycles. The van der Waals surface area contributed by atoms with Crippen molar-refractivity contribution in [3.05, 3.63) is 54.5 Å². The first-order valence-electron chi connectivity index (χ1n) is 10.3. The van der Waals surface area contributed by atoms with E-state index >= 15 is 0 Å². The van der Waals surface area contributed by atoms with Gasteiger partial charge in [-0.1, -0.05) is 0 Å². The van der Waals surface area contributed by atoms with Crippen LogP contribution in [-0.4, -0.2) is 56.8 Å². The summed E-state index contributed by atoms with van der Waals surface area (Å²) < 4.78 is 65.9. The van der Waals surface area contributed by atoms with Gasteiger partial charge in [0, 0.05) is 42.9 Å². The van der Waals surface area contributed by atoms with Gasteiger partial charge in [-0.25, -0.2) is 32.2 Å². The Bertz CT molecular complexity index is 1520. The molecule has 0 bridgehead atoms. The lowest BCUT2D eigenvalue weighted by Crippen LogP contribution is -2.52. The number of methoxy groups -OCH3 is 2. The Morgan fingerprint density at radius 2 is 1.91 bits per heavy atom. The highest BCUT2D eigenvalue weighted by molar-refractivity contribution is 7.92. The van der Waals surface area contributed by atoms with Crippen LogP contribution < -0.4 is 14.4 Å². The van der Waals surface area contributed by atoms with Gasteiger partial charge in [-0.2, -0.15) is 0 Å². The number of thiophene rings is 1. The molecule has 3 aromatic heterocycles. The lowest BCUT2D eigenvalue weighted by atomic mass is 10.1. The number of nitrogens with zero attached hydrogens (tertiary/aromatic N) is 4. The van der Waals surface area contributed by atoms with Gasteiger partial charge in [0.25, 0.3) is 10.0 Å². The number of benzene rings is 1. The predicted octanol–water partition coefficient (Wildman–Crippen LogP) is 3.68. The van der Waals surface area contributed by atoms with E-state index < -0.39 is 26.6 Å². The molecule has 13 heteroatoms. The first-order valence-corrected chi connectivity index (χ1v) is 12.6. The number of aromatic nitrogens is 3. The monoisotopic (exact) mass is 519 g/mol. The number of hydrogen-bond donors (Lipinski definition) is 1. The third kappa shape index (κ3) is 4.37. The van der Waals surface area contributed by atoms with Crippen LogP contribution in [-0.2, 0) is 14.8 Å². The Kier molecular flexibility index (Phi) is 5.99. The molecule has 1 aliphatic heterocycles. The van der Waals surface area contributed by atoms with Crippen LogP contribution >= 0.6 is 11.3 Å². The molecule has 0 atom stereocenters. The van der Waals surface area contributed by atoms with Crippen LogP contribution in [0.4, 0.5) is 20.3 Å². The van der Waals surface area contributed by atoms with Crippen molar-refractivity contribution in [2.45, 2.75) is 11.0 Å². The molecule has 1 saturated heterocycles. The fraction of sp³-hybridized carbons (Fsp3) is 0.227. The molecular formula is C22H19F2N5O4S2. The van der Waals surface area contributed by atoms with Crippen molar-refractivity contribution >= 4 is 43.1 Å². The summed E-state index contributed by atoms with van der Waals surface area (Å²) >= 11 is 1.39. The molecule has 1 N–H and O–H groups in total. The van der Waals surface area contributed by atoms with E-state index in [0.717, 1.165) is 46.1 Å². The maximum atomic E-state index is 14.1. The molecule has 0 spiro atoms. The summed E-state index contributed by atoms with van der Waals surface area (Å²) in [5.74, 6) is -1.31. The van der Waals surface area contributed by atoms with E-state index in [-0.39, 0.29) is 17.7 Å². The van der Waals surface area contributed by atoms with Gasteiger partial charge in [0.15, 0.2) is 0 Å². The standard InChI is InChI=1S/C22H19F2N5O4S2/c1-32-14-9-29(10-14)20-15-7-18(34-22(15)27-11-26-20)12-5-17(21(33-2)25-8-12)28-35(30,31)19-4-3-13(23)6-16(19)24/h3-8,11,14,28H,9-10H2,1-2H3. The number of pyridine rings is 1. The van der Waals surface area contributed by atoms with Crippen LogP contribution in [0.25, 0.3) is 20.7 Å². The van der Waals surface area contributed by atoms with Gasteiger partial charge in [0.05, 0.1) is 18.6 Å². The van der Waals surface area contributed by atoms with Gasteiger partial charge in [0.1, 0.15) is 39.2 Å². The number of anilines is 2. The molecular weight excluding hydrogens is 500 g/mol. The maximum absolute atomic E-state index is 14.1. The van der Waals surface area contributed by atoms with Gasteiger partial charge in [-0.15, -0.1) is 11.3 Å². The average Bonchev–Trinajstić information content (AvgIpc) is 3.23. The largest absolute Gasteiger partial charge is 0.480 e. The van der Waals surface area contributed by atoms with Crippen LogP contribution in [0.5, 0.6) is 5.88 Å². The Morgan fingerprint density at radius 3 is 2.63 bits per heavy atom. The number of fused-ring (bicyclic) bond motifs is 1. The fourth-order valence-corrected chi connectivity index (χ4v) is 5.80. The number of sulfonamides is 1. The van der Waals surface area contributed by atoms with E-state index in [1.807, 2.05) is 6.07 Å². The van der Waals surface area contributed by atoms with E-state index in [0.29, 0.717) is 11.6 Å². The van der Waals surface area contributed by atoms with Gasteiger partial charge >= 0.3 is 0 Å². The Morgan fingerprint density at radius 1 is 1.11 bits per heavy atom. The van der Waals surface area contributed by atoms with Crippen molar-refractivity contribution in [2.24, 2.45) is 0 Å². The molecule has 35 heavy (non-hydrogen) atoms. The van der Waals surface area contributed by atoms with Crippen molar-refractivity contribution in [1.29, 1.82) is 0 Å². The zero-order valence-electron chi connectivity index (χ0n) is 18.5. The van der Waals surface area contributed by atoms with E-state index in [1.165, 1.54) is 37.0 Å². The molecule has 1 aliphatic rings. The van der Waals surface area contributed by atoms with Gasteiger partial charge < -0.3 is 14.4 Å². The van der Waals surface area contributed by atoms with Gasteiger partial charge in [0.2, 0.25) is 5.88 Å². The summed E-state index contributed by atoms with van der Waals surface area (Å²) in [4.78, 5) is 15.9. The minimum atomic E-state index is -4.39. The normalized spacial score (nSPS) is 14.2. The van der Waals surface area contributed by atoms with E-state index in [9.17, 15) is 17.2 Å². The summed E-state index contributed by atoms with van der Waals surface area (Å²) in [7, 11) is -1.38. The zero-order chi connectivity index (χ0) is 24.7. The van der Waals surface area contributed by atoms with E-state index in [2.05, 4.69) is 24.6 Å². The highest BCUT2D eigenvalue weighted by Gasteiger charge is 2.29. The zero-order valence-corrected chi connectivity index (χ0v) is 20.2. The summed E-state index contributed by atoms with van der Waals surface area (Å²) in [5, 5.41) is 0.855. The third-order valence-electron chi connectivity index (χ3n) is 5.55. The molecule has 5 rings (SSSR count). The second-order valence-corrected chi connectivity index (χ2v) is 10.4. The van der Waals surface area contributed by atoms with Crippen LogP contribution in [0.1, 0.15) is 0 Å².